The van der Waals surface area contributed by atoms with Crippen molar-refractivity contribution in [3.05, 3.63) is 58.0 Å². The molecule has 1 saturated heterocycles. The van der Waals surface area contributed by atoms with E-state index in [1.54, 1.807) is 12.1 Å². The van der Waals surface area contributed by atoms with E-state index in [0.717, 1.165) is 5.69 Å². The zero-order chi connectivity index (χ0) is 16.4. The zero-order valence-electron chi connectivity index (χ0n) is 12.3. The third kappa shape index (κ3) is 3.55. The van der Waals surface area contributed by atoms with Crippen molar-refractivity contribution in [1.82, 2.24) is 4.31 Å². The number of piperazine rings is 1. The molecular weight excluding hydrogens is 400 g/mol. The molecule has 0 aliphatic carbocycles. The number of benzene rings is 2. The van der Waals surface area contributed by atoms with Crippen LogP contribution in [0.2, 0.25) is 5.02 Å². The molecule has 0 radical (unpaired) electrons. The number of anilines is 1. The van der Waals surface area contributed by atoms with Gasteiger partial charge >= 0.3 is 0 Å². The molecule has 0 aromatic heterocycles. The minimum absolute atomic E-state index is 0.221. The van der Waals surface area contributed by atoms with Crippen molar-refractivity contribution >= 4 is 43.2 Å². The van der Waals surface area contributed by atoms with Gasteiger partial charge in [0.05, 0.1) is 4.90 Å². The number of sulfonamides is 1. The molecule has 3 rings (SSSR count). The molecule has 23 heavy (non-hydrogen) atoms. The SMILES string of the molecule is O=S(=O)(c1cc(Cl)ccc1Br)N1CCN(c2ccccc2)CC1. The molecule has 0 N–H and O–H groups in total. The Balaban J connectivity index is 1.78. The van der Waals surface area contributed by atoms with Crippen molar-refractivity contribution in [2.45, 2.75) is 4.90 Å². The first-order valence-electron chi connectivity index (χ1n) is 7.24. The molecule has 122 valence electrons. The maximum Gasteiger partial charge on any atom is 0.244 e. The van der Waals surface area contributed by atoms with E-state index in [1.807, 2.05) is 30.3 Å². The van der Waals surface area contributed by atoms with E-state index in [4.69, 9.17) is 11.6 Å². The number of halogens is 2. The number of hydrogen-bond donors (Lipinski definition) is 0. The molecule has 2 aromatic rings. The molecule has 4 nitrogen and oxygen atoms in total. The van der Waals surface area contributed by atoms with Gasteiger partial charge in [-0.3, -0.25) is 0 Å². The highest BCUT2D eigenvalue weighted by Crippen LogP contribution is 2.29. The Hall–Kier alpha value is -1.08. The minimum Gasteiger partial charge on any atom is -0.369 e. The lowest BCUT2D eigenvalue weighted by molar-refractivity contribution is 0.384. The minimum atomic E-state index is -3.55. The van der Waals surface area contributed by atoms with Crippen molar-refractivity contribution in [3.8, 4) is 0 Å². The molecular formula is C16H16BrClN2O2S. The second-order valence-corrected chi connectivity index (χ2v) is 8.50. The Kier molecular flexibility index (Phi) is 4.96. The molecule has 2 aromatic carbocycles. The van der Waals surface area contributed by atoms with Crippen molar-refractivity contribution < 1.29 is 8.42 Å². The van der Waals surface area contributed by atoms with Crippen LogP contribution in [0.5, 0.6) is 0 Å². The second-order valence-electron chi connectivity index (χ2n) is 5.30. The van der Waals surface area contributed by atoms with Crippen molar-refractivity contribution in [1.29, 1.82) is 0 Å². The van der Waals surface area contributed by atoms with Crippen LogP contribution in [-0.4, -0.2) is 38.9 Å². The fourth-order valence-electron chi connectivity index (χ4n) is 2.64. The lowest BCUT2D eigenvalue weighted by atomic mass is 10.2. The van der Waals surface area contributed by atoms with Gasteiger partial charge in [0.25, 0.3) is 0 Å². The third-order valence-corrected chi connectivity index (χ3v) is 7.00. The van der Waals surface area contributed by atoms with Crippen molar-refractivity contribution in [2.75, 3.05) is 31.1 Å². The molecule has 1 fully saturated rings. The summed E-state index contributed by atoms with van der Waals surface area (Å²) in [5.74, 6) is 0. The van der Waals surface area contributed by atoms with Gasteiger partial charge in [-0.1, -0.05) is 29.8 Å². The summed E-state index contributed by atoms with van der Waals surface area (Å²) in [4.78, 5) is 2.41. The summed E-state index contributed by atoms with van der Waals surface area (Å²) >= 11 is 9.26. The quantitative estimate of drug-likeness (QED) is 0.769. The van der Waals surface area contributed by atoms with E-state index >= 15 is 0 Å². The van der Waals surface area contributed by atoms with Gasteiger partial charge in [0.2, 0.25) is 10.0 Å². The third-order valence-electron chi connectivity index (χ3n) is 3.87. The molecule has 0 saturated carbocycles. The maximum atomic E-state index is 12.8. The van der Waals surface area contributed by atoms with Gasteiger partial charge in [0.15, 0.2) is 0 Å². The van der Waals surface area contributed by atoms with Gasteiger partial charge in [0, 0.05) is 41.4 Å². The molecule has 0 atom stereocenters. The predicted octanol–water partition coefficient (Wildman–Crippen LogP) is 3.61. The van der Waals surface area contributed by atoms with Crippen LogP contribution in [0.1, 0.15) is 0 Å². The molecule has 1 aliphatic rings. The summed E-state index contributed by atoms with van der Waals surface area (Å²) in [5.41, 5.74) is 1.12. The predicted molar refractivity (Wildman–Crippen MR) is 96.6 cm³/mol. The molecule has 0 amide bonds. The normalized spacial score (nSPS) is 16.5. The Morgan fingerprint density at radius 1 is 0.957 bits per heavy atom. The molecule has 1 heterocycles. The van der Waals surface area contributed by atoms with Gasteiger partial charge in [-0.2, -0.15) is 4.31 Å². The largest absolute Gasteiger partial charge is 0.369 e. The lowest BCUT2D eigenvalue weighted by Crippen LogP contribution is -2.48. The van der Waals surface area contributed by atoms with Crippen LogP contribution in [-0.2, 0) is 10.0 Å². The van der Waals surface area contributed by atoms with E-state index in [9.17, 15) is 8.42 Å². The van der Waals surface area contributed by atoms with Crippen LogP contribution < -0.4 is 4.90 Å². The van der Waals surface area contributed by atoms with Crippen LogP contribution >= 0.6 is 27.5 Å². The highest BCUT2D eigenvalue weighted by molar-refractivity contribution is 9.10. The molecule has 1 aliphatic heterocycles. The summed E-state index contributed by atoms with van der Waals surface area (Å²) < 4.78 is 27.7. The van der Waals surface area contributed by atoms with E-state index in [2.05, 4.69) is 20.8 Å². The second kappa shape index (κ2) is 6.81. The van der Waals surface area contributed by atoms with Gasteiger partial charge < -0.3 is 4.90 Å². The van der Waals surface area contributed by atoms with E-state index in [1.165, 1.54) is 10.4 Å². The number of rotatable bonds is 3. The Morgan fingerprint density at radius 3 is 2.26 bits per heavy atom. The fraction of sp³-hybridized carbons (Fsp3) is 0.250. The summed E-state index contributed by atoms with van der Waals surface area (Å²) in [5, 5.41) is 0.412. The van der Waals surface area contributed by atoms with Gasteiger partial charge in [-0.25, -0.2) is 8.42 Å². The summed E-state index contributed by atoms with van der Waals surface area (Å²) in [6, 6.07) is 14.8. The highest BCUT2D eigenvalue weighted by atomic mass is 79.9. The van der Waals surface area contributed by atoms with Crippen LogP contribution in [0.4, 0.5) is 5.69 Å². The van der Waals surface area contributed by atoms with Gasteiger partial charge in [0.1, 0.15) is 0 Å². The van der Waals surface area contributed by atoms with Crippen LogP contribution in [0, 0.1) is 0 Å². The number of hydrogen-bond acceptors (Lipinski definition) is 3. The average molecular weight is 416 g/mol. The van der Waals surface area contributed by atoms with E-state index in [-0.39, 0.29) is 4.90 Å². The molecule has 0 unspecified atom stereocenters. The molecule has 0 spiro atoms. The van der Waals surface area contributed by atoms with Gasteiger partial charge in [-0.05, 0) is 46.3 Å². The van der Waals surface area contributed by atoms with E-state index < -0.39 is 10.0 Å². The summed E-state index contributed by atoms with van der Waals surface area (Å²) in [6.07, 6.45) is 0. The first-order chi connectivity index (χ1) is 11.0. The summed E-state index contributed by atoms with van der Waals surface area (Å²) in [7, 11) is -3.55. The lowest BCUT2D eigenvalue weighted by Gasteiger charge is -2.35. The highest BCUT2D eigenvalue weighted by Gasteiger charge is 2.30. The Morgan fingerprint density at radius 2 is 1.61 bits per heavy atom. The topological polar surface area (TPSA) is 40.6 Å². The number of nitrogens with zero attached hydrogens (tertiary/aromatic N) is 2. The molecule has 7 heteroatoms. The first kappa shape index (κ1) is 16.8. The van der Waals surface area contributed by atoms with Crippen LogP contribution in [0.15, 0.2) is 57.9 Å². The zero-order valence-corrected chi connectivity index (χ0v) is 15.5. The van der Waals surface area contributed by atoms with Gasteiger partial charge in [-0.15, -0.1) is 0 Å². The smallest absolute Gasteiger partial charge is 0.244 e. The monoisotopic (exact) mass is 414 g/mol. The van der Waals surface area contributed by atoms with Crippen LogP contribution in [0.3, 0.4) is 0 Å². The summed E-state index contributed by atoms with van der Waals surface area (Å²) in [6.45, 7) is 2.25. The fourth-order valence-corrected chi connectivity index (χ4v) is 5.25. The molecule has 0 bridgehead atoms. The Bertz CT molecular complexity index is 791. The standard InChI is InChI=1S/C16H16BrClN2O2S/c17-15-7-6-13(18)12-16(15)23(21,22)20-10-8-19(9-11-20)14-4-2-1-3-5-14/h1-7,12H,8-11H2. The first-order valence-corrected chi connectivity index (χ1v) is 9.85. The van der Waals surface area contributed by atoms with Crippen LogP contribution in [0.25, 0.3) is 0 Å². The van der Waals surface area contributed by atoms with Crippen molar-refractivity contribution in [3.63, 3.8) is 0 Å². The average Bonchev–Trinajstić information content (AvgIpc) is 2.58. The number of para-hydroxylation sites is 1. The van der Waals surface area contributed by atoms with E-state index in [0.29, 0.717) is 35.7 Å². The maximum absolute atomic E-state index is 12.8. The van der Waals surface area contributed by atoms with Crippen molar-refractivity contribution in [2.24, 2.45) is 0 Å². The Labute approximate surface area is 149 Å².